The van der Waals surface area contributed by atoms with Crippen LogP contribution in [0.1, 0.15) is 12.8 Å². The molecule has 1 aromatic rings. The Morgan fingerprint density at radius 1 is 1.75 bits per heavy atom. The Hall–Kier alpha value is -1.03. The average molecular weight is 188 g/mol. The van der Waals surface area contributed by atoms with Gasteiger partial charge in [0.2, 0.25) is 11.9 Å². The molecule has 0 saturated carbocycles. The highest BCUT2D eigenvalue weighted by Gasteiger charge is 2.01. The van der Waals surface area contributed by atoms with Gasteiger partial charge in [-0.15, -0.1) is 11.6 Å². The van der Waals surface area contributed by atoms with Crippen molar-refractivity contribution in [1.29, 1.82) is 0 Å². The molecular weight excluding hydrogens is 178 g/mol. The third-order valence-electron chi connectivity index (χ3n) is 1.29. The molecule has 1 aromatic heterocycles. The minimum Gasteiger partial charge on any atom is -0.331 e. The molecule has 0 aliphatic rings. The van der Waals surface area contributed by atoms with Crippen LogP contribution >= 0.6 is 11.6 Å². The number of carbonyl (C=O) groups is 1. The van der Waals surface area contributed by atoms with Crippen LogP contribution in [0.25, 0.3) is 0 Å². The van der Waals surface area contributed by atoms with E-state index in [9.17, 15) is 4.79 Å². The number of anilines is 1. The number of nitrogens with zero attached hydrogens (tertiary/aromatic N) is 1. The second-order valence-electron chi connectivity index (χ2n) is 2.28. The van der Waals surface area contributed by atoms with E-state index in [1.807, 2.05) is 0 Å². The lowest BCUT2D eigenvalue weighted by Gasteiger charge is -1.98. The van der Waals surface area contributed by atoms with Crippen LogP contribution in [0.5, 0.6) is 0 Å². The molecule has 0 fully saturated rings. The van der Waals surface area contributed by atoms with Crippen molar-refractivity contribution in [3.05, 3.63) is 12.4 Å². The molecule has 0 spiro atoms. The smallest absolute Gasteiger partial charge is 0.226 e. The number of hydrogen-bond acceptors (Lipinski definition) is 2. The molecule has 66 valence electrons. The van der Waals surface area contributed by atoms with Gasteiger partial charge in [-0.25, -0.2) is 4.98 Å². The van der Waals surface area contributed by atoms with Crippen LogP contribution in [-0.4, -0.2) is 21.8 Å². The standard InChI is InChI=1S/C7H10ClN3O/c8-3-1-2-6(12)11-7-9-4-5-10-7/h4-5H,1-3H2,(H2,9,10,11,12). The first-order valence-electron chi connectivity index (χ1n) is 3.68. The summed E-state index contributed by atoms with van der Waals surface area (Å²) < 4.78 is 0. The monoisotopic (exact) mass is 187 g/mol. The Morgan fingerprint density at radius 2 is 2.58 bits per heavy atom. The lowest BCUT2D eigenvalue weighted by molar-refractivity contribution is -0.116. The highest BCUT2D eigenvalue weighted by molar-refractivity contribution is 6.18. The molecule has 4 nitrogen and oxygen atoms in total. The highest BCUT2D eigenvalue weighted by Crippen LogP contribution is 1.98. The Kier molecular flexibility index (Phi) is 3.60. The lowest BCUT2D eigenvalue weighted by Crippen LogP contribution is -2.12. The topological polar surface area (TPSA) is 57.8 Å². The van der Waals surface area contributed by atoms with Crippen molar-refractivity contribution < 1.29 is 4.79 Å². The third kappa shape index (κ3) is 2.92. The lowest BCUT2D eigenvalue weighted by atomic mass is 10.3. The summed E-state index contributed by atoms with van der Waals surface area (Å²) in [7, 11) is 0. The molecule has 5 heteroatoms. The zero-order chi connectivity index (χ0) is 8.81. The first-order chi connectivity index (χ1) is 5.83. The maximum atomic E-state index is 11.0. The summed E-state index contributed by atoms with van der Waals surface area (Å²) in [5.41, 5.74) is 0. The summed E-state index contributed by atoms with van der Waals surface area (Å²) in [5.74, 6) is 0.922. The van der Waals surface area contributed by atoms with E-state index in [1.54, 1.807) is 12.4 Å². The number of hydrogen-bond donors (Lipinski definition) is 2. The number of alkyl halides is 1. The van der Waals surface area contributed by atoms with Crippen LogP contribution in [-0.2, 0) is 4.79 Å². The maximum Gasteiger partial charge on any atom is 0.226 e. The molecule has 0 aromatic carbocycles. The molecule has 0 radical (unpaired) electrons. The summed E-state index contributed by atoms with van der Waals surface area (Å²) in [6.45, 7) is 0. The fraction of sp³-hybridized carbons (Fsp3) is 0.429. The van der Waals surface area contributed by atoms with Gasteiger partial charge in [0.1, 0.15) is 0 Å². The van der Waals surface area contributed by atoms with Crippen LogP contribution in [0.4, 0.5) is 5.95 Å². The summed E-state index contributed by atoms with van der Waals surface area (Å²) >= 11 is 5.42. The SMILES string of the molecule is O=C(CCCCl)Nc1ncc[nH]1. The molecule has 0 unspecified atom stereocenters. The van der Waals surface area contributed by atoms with Gasteiger partial charge in [0, 0.05) is 24.7 Å². The van der Waals surface area contributed by atoms with Gasteiger partial charge < -0.3 is 4.98 Å². The van der Waals surface area contributed by atoms with Crippen molar-refractivity contribution in [1.82, 2.24) is 9.97 Å². The van der Waals surface area contributed by atoms with Crippen LogP contribution < -0.4 is 5.32 Å². The van der Waals surface area contributed by atoms with Gasteiger partial charge in [-0.3, -0.25) is 10.1 Å². The quantitative estimate of drug-likeness (QED) is 0.700. The van der Waals surface area contributed by atoms with E-state index in [1.165, 1.54) is 0 Å². The summed E-state index contributed by atoms with van der Waals surface area (Å²) in [5, 5.41) is 2.59. The molecule has 0 aliphatic heterocycles. The van der Waals surface area contributed by atoms with Gasteiger partial charge in [-0.05, 0) is 6.42 Å². The largest absolute Gasteiger partial charge is 0.331 e. The maximum absolute atomic E-state index is 11.0. The number of nitrogens with one attached hydrogen (secondary N) is 2. The van der Waals surface area contributed by atoms with Crippen molar-refractivity contribution in [3.8, 4) is 0 Å². The molecule has 1 rings (SSSR count). The predicted molar refractivity (Wildman–Crippen MR) is 47.2 cm³/mol. The molecular formula is C7H10ClN3O. The minimum atomic E-state index is -0.0643. The minimum absolute atomic E-state index is 0.0643. The van der Waals surface area contributed by atoms with E-state index in [0.29, 0.717) is 24.7 Å². The predicted octanol–water partition coefficient (Wildman–Crippen LogP) is 1.37. The first kappa shape index (κ1) is 9.06. The number of aromatic nitrogens is 2. The molecule has 0 aliphatic carbocycles. The second-order valence-corrected chi connectivity index (χ2v) is 2.66. The van der Waals surface area contributed by atoms with E-state index in [-0.39, 0.29) is 5.91 Å². The zero-order valence-corrected chi connectivity index (χ0v) is 7.27. The molecule has 0 bridgehead atoms. The molecule has 1 heterocycles. The van der Waals surface area contributed by atoms with E-state index in [0.717, 1.165) is 0 Å². The fourth-order valence-electron chi connectivity index (χ4n) is 0.756. The normalized spacial score (nSPS) is 9.75. The second kappa shape index (κ2) is 4.77. The van der Waals surface area contributed by atoms with E-state index >= 15 is 0 Å². The molecule has 1 amide bonds. The first-order valence-corrected chi connectivity index (χ1v) is 4.21. The van der Waals surface area contributed by atoms with Gasteiger partial charge in [0.15, 0.2) is 0 Å². The van der Waals surface area contributed by atoms with Crippen molar-refractivity contribution in [2.45, 2.75) is 12.8 Å². The van der Waals surface area contributed by atoms with Crippen molar-refractivity contribution in [2.75, 3.05) is 11.2 Å². The molecule has 12 heavy (non-hydrogen) atoms. The highest BCUT2D eigenvalue weighted by atomic mass is 35.5. The van der Waals surface area contributed by atoms with E-state index in [4.69, 9.17) is 11.6 Å². The van der Waals surface area contributed by atoms with Gasteiger partial charge in [-0.2, -0.15) is 0 Å². The van der Waals surface area contributed by atoms with E-state index < -0.39 is 0 Å². The van der Waals surface area contributed by atoms with Crippen LogP contribution in [0, 0.1) is 0 Å². The number of amides is 1. The zero-order valence-electron chi connectivity index (χ0n) is 6.51. The van der Waals surface area contributed by atoms with Gasteiger partial charge in [0.25, 0.3) is 0 Å². The Balaban J connectivity index is 2.27. The van der Waals surface area contributed by atoms with Crippen molar-refractivity contribution in [3.63, 3.8) is 0 Å². The summed E-state index contributed by atoms with van der Waals surface area (Å²) in [4.78, 5) is 17.7. The van der Waals surface area contributed by atoms with Crippen molar-refractivity contribution in [2.24, 2.45) is 0 Å². The molecule has 2 N–H and O–H groups in total. The van der Waals surface area contributed by atoms with Crippen molar-refractivity contribution >= 4 is 23.5 Å². The number of carbonyl (C=O) groups excluding carboxylic acids is 1. The Labute approximate surface area is 75.3 Å². The number of halogens is 1. The van der Waals surface area contributed by atoms with Gasteiger partial charge >= 0.3 is 0 Å². The number of rotatable bonds is 4. The van der Waals surface area contributed by atoms with Gasteiger partial charge in [-0.1, -0.05) is 0 Å². The van der Waals surface area contributed by atoms with Crippen LogP contribution in [0.15, 0.2) is 12.4 Å². The number of aromatic amines is 1. The fourth-order valence-corrected chi connectivity index (χ4v) is 0.889. The summed E-state index contributed by atoms with van der Waals surface area (Å²) in [6.07, 6.45) is 4.35. The number of H-pyrrole nitrogens is 1. The van der Waals surface area contributed by atoms with Crippen LogP contribution in [0.3, 0.4) is 0 Å². The third-order valence-corrected chi connectivity index (χ3v) is 1.56. The Morgan fingerprint density at radius 3 is 3.17 bits per heavy atom. The number of imidazole rings is 1. The van der Waals surface area contributed by atoms with E-state index in [2.05, 4.69) is 15.3 Å². The average Bonchev–Trinajstić information content (AvgIpc) is 2.53. The summed E-state index contributed by atoms with van der Waals surface area (Å²) in [6, 6.07) is 0. The molecule has 0 saturated heterocycles. The Bertz CT molecular complexity index is 235. The van der Waals surface area contributed by atoms with Gasteiger partial charge in [0.05, 0.1) is 0 Å². The molecule has 0 atom stereocenters. The van der Waals surface area contributed by atoms with Crippen LogP contribution in [0.2, 0.25) is 0 Å².